The zero-order valence-corrected chi connectivity index (χ0v) is 13.2. The lowest BCUT2D eigenvalue weighted by Gasteiger charge is -2.35. The Hall–Kier alpha value is -0.870. The molecule has 0 aliphatic rings. The van der Waals surface area contributed by atoms with Gasteiger partial charge in [0.25, 0.3) is 0 Å². The van der Waals surface area contributed by atoms with Crippen molar-refractivity contribution >= 4 is 9.84 Å². The fourth-order valence-electron chi connectivity index (χ4n) is 2.13. The number of aryl methyl sites for hydroxylation is 1. The van der Waals surface area contributed by atoms with Crippen molar-refractivity contribution in [2.45, 2.75) is 45.1 Å². The van der Waals surface area contributed by atoms with Crippen molar-refractivity contribution in [3.8, 4) is 0 Å². The van der Waals surface area contributed by atoms with E-state index in [0.29, 0.717) is 0 Å². The number of rotatable bonds is 5. The van der Waals surface area contributed by atoms with Gasteiger partial charge in [0.05, 0.1) is 16.2 Å². The van der Waals surface area contributed by atoms with E-state index in [0.717, 1.165) is 5.56 Å². The van der Waals surface area contributed by atoms with Crippen molar-refractivity contribution in [1.82, 2.24) is 0 Å². The van der Waals surface area contributed by atoms with E-state index in [1.807, 2.05) is 34.6 Å². The highest BCUT2D eigenvalue weighted by molar-refractivity contribution is 7.91. The predicted octanol–water partition coefficient (Wildman–Crippen LogP) is 2.81. The van der Waals surface area contributed by atoms with Crippen LogP contribution in [0.3, 0.4) is 0 Å². The van der Waals surface area contributed by atoms with E-state index in [4.69, 9.17) is 0 Å². The van der Waals surface area contributed by atoms with E-state index in [9.17, 15) is 13.5 Å². The van der Waals surface area contributed by atoms with Crippen LogP contribution in [0.15, 0.2) is 29.2 Å². The third kappa shape index (κ3) is 3.57. The van der Waals surface area contributed by atoms with Gasteiger partial charge in [-0.25, -0.2) is 8.42 Å². The van der Waals surface area contributed by atoms with E-state index in [1.165, 1.54) is 0 Å². The van der Waals surface area contributed by atoms with Crippen LogP contribution in [0.4, 0.5) is 0 Å². The summed E-state index contributed by atoms with van der Waals surface area (Å²) in [6.07, 6.45) is 0. The summed E-state index contributed by atoms with van der Waals surface area (Å²) < 4.78 is 24.8. The van der Waals surface area contributed by atoms with Gasteiger partial charge in [-0.15, -0.1) is 0 Å². The molecular weight excluding hydrogens is 260 g/mol. The zero-order valence-electron chi connectivity index (χ0n) is 12.3. The first kappa shape index (κ1) is 16.2. The zero-order chi connectivity index (χ0) is 14.8. The number of sulfone groups is 1. The van der Waals surface area contributed by atoms with Gasteiger partial charge in [0.1, 0.15) is 0 Å². The van der Waals surface area contributed by atoms with Crippen molar-refractivity contribution in [3.63, 3.8) is 0 Å². The Labute approximate surface area is 116 Å². The monoisotopic (exact) mass is 284 g/mol. The lowest BCUT2D eigenvalue weighted by Crippen LogP contribution is -2.46. The van der Waals surface area contributed by atoms with Crippen LogP contribution in [0, 0.1) is 18.8 Å². The van der Waals surface area contributed by atoms with Crippen molar-refractivity contribution in [1.29, 1.82) is 0 Å². The first-order valence-corrected chi connectivity index (χ1v) is 8.26. The van der Waals surface area contributed by atoms with E-state index < -0.39 is 15.4 Å². The van der Waals surface area contributed by atoms with Crippen LogP contribution in [0.25, 0.3) is 0 Å². The molecule has 108 valence electrons. The molecular formula is C15H24O3S. The molecule has 4 heteroatoms. The smallest absolute Gasteiger partial charge is 0.181 e. The predicted molar refractivity (Wildman–Crippen MR) is 77.9 cm³/mol. The van der Waals surface area contributed by atoms with Gasteiger partial charge in [0.2, 0.25) is 0 Å². The van der Waals surface area contributed by atoms with Gasteiger partial charge in [0, 0.05) is 0 Å². The van der Waals surface area contributed by atoms with Gasteiger partial charge in [0.15, 0.2) is 9.84 Å². The second kappa shape index (κ2) is 5.63. The van der Waals surface area contributed by atoms with Crippen LogP contribution < -0.4 is 0 Å². The normalized spacial score (nSPS) is 13.3. The summed E-state index contributed by atoms with van der Waals surface area (Å²) in [5, 5.41) is 10.6. The molecule has 0 aromatic heterocycles. The largest absolute Gasteiger partial charge is 0.388 e. The molecule has 0 atom stereocenters. The molecule has 0 spiro atoms. The summed E-state index contributed by atoms with van der Waals surface area (Å²) in [7, 11) is -3.47. The van der Waals surface area contributed by atoms with E-state index in [2.05, 4.69) is 0 Å². The molecule has 0 saturated heterocycles. The number of hydrogen-bond donors (Lipinski definition) is 1. The fraction of sp³-hybridized carbons (Fsp3) is 0.600. The van der Waals surface area contributed by atoms with Crippen LogP contribution in [0.5, 0.6) is 0 Å². The van der Waals surface area contributed by atoms with Gasteiger partial charge in [-0.2, -0.15) is 0 Å². The molecule has 3 nitrogen and oxygen atoms in total. The maximum atomic E-state index is 12.4. The van der Waals surface area contributed by atoms with Gasteiger partial charge in [-0.3, -0.25) is 0 Å². The second-order valence-electron chi connectivity index (χ2n) is 5.87. The van der Waals surface area contributed by atoms with Gasteiger partial charge < -0.3 is 5.11 Å². The summed E-state index contributed by atoms with van der Waals surface area (Å²) in [6, 6.07) is 6.75. The maximum Gasteiger partial charge on any atom is 0.181 e. The quantitative estimate of drug-likeness (QED) is 0.904. The SMILES string of the molecule is Cc1ccc(S(=O)(=O)CC(O)(C(C)C)C(C)C)cc1. The van der Waals surface area contributed by atoms with Crippen LogP contribution in [-0.2, 0) is 9.84 Å². The first-order chi connectivity index (χ1) is 8.59. The second-order valence-corrected chi connectivity index (χ2v) is 7.86. The minimum Gasteiger partial charge on any atom is -0.388 e. The number of benzene rings is 1. The third-order valence-corrected chi connectivity index (χ3v) is 5.63. The Morgan fingerprint density at radius 2 is 1.47 bits per heavy atom. The van der Waals surface area contributed by atoms with Crippen molar-refractivity contribution in [3.05, 3.63) is 29.8 Å². The van der Waals surface area contributed by atoms with Crippen LogP contribution >= 0.6 is 0 Å². The van der Waals surface area contributed by atoms with Crippen LogP contribution in [-0.4, -0.2) is 24.9 Å². The minimum absolute atomic E-state index is 0.118. The Morgan fingerprint density at radius 1 is 1.05 bits per heavy atom. The lowest BCUT2D eigenvalue weighted by atomic mass is 9.82. The Morgan fingerprint density at radius 3 is 1.84 bits per heavy atom. The molecule has 1 aromatic rings. The van der Waals surface area contributed by atoms with E-state index in [1.54, 1.807) is 24.3 Å². The average molecular weight is 284 g/mol. The summed E-state index contributed by atoms with van der Waals surface area (Å²) in [4.78, 5) is 0.276. The van der Waals surface area contributed by atoms with Gasteiger partial charge in [-0.05, 0) is 30.9 Å². The highest BCUT2D eigenvalue weighted by atomic mass is 32.2. The van der Waals surface area contributed by atoms with Crippen molar-refractivity contribution in [2.24, 2.45) is 11.8 Å². The molecule has 19 heavy (non-hydrogen) atoms. The van der Waals surface area contributed by atoms with E-state index in [-0.39, 0.29) is 22.5 Å². The molecule has 0 heterocycles. The molecule has 0 unspecified atom stereocenters. The summed E-state index contributed by atoms with van der Waals surface area (Å²) in [6.45, 7) is 9.32. The van der Waals surface area contributed by atoms with Gasteiger partial charge in [-0.1, -0.05) is 45.4 Å². The molecule has 0 aliphatic heterocycles. The topological polar surface area (TPSA) is 54.4 Å². The standard InChI is InChI=1S/C15H24O3S/c1-11(2)15(16,12(3)4)10-19(17,18)14-8-6-13(5)7-9-14/h6-9,11-12,16H,10H2,1-5H3. The Bertz CT molecular complexity index is 505. The minimum atomic E-state index is -3.47. The highest BCUT2D eigenvalue weighted by Gasteiger charge is 2.39. The molecule has 0 aliphatic carbocycles. The lowest BCUT2D eigenvalue weighted by molar-refractivity contribution is -0.0256. The highest BCUT2D eigenvalue weighted by Crippen LogP contribution is 2.30. The third-order valence-electron chi connectivity index (χ3n) is 3.80. The Kier molecular flexibility index (Phi) is 4.80. The first-order valence-electron chi connectivity index (χ1n) is 6.61. The molecule has 0 amide bonds. The molecule has 1 rings (SSSR count). The summed E-state index contributed by atoms with van der Waals surface area (Å²) in [5.74, 6) is -0.473. The van der Waals surface area contributed by atoms with E-state index >= 15 is 0 Å². The molecule has 0 bridgehead atoms. The molecule has 1 N–H and O–H groups in total. The molecule has 1 aromatic carbocycles. The average Bonchev–Trinajstić information content (AvgIpc) is 2.28. The number of hydrogen-bond acceptors (Lipinski definition) is 3. The molecule has 0 saturated carbocycles. The molecule has 0 fully saturated rings. The Balaban J connectivity index is 3.12. The summed E-state index contributed by atoms with van der Waals surface area (Å²) >= 11 is 0. The van der Waals surface area contributed by atoms with Crippen LogP contribution in [0.1, 0.15) is 33.3 Å². The van der Waals surface area contributed by atoms with Crippen molar-refractivity contribution < 1.29 is 13.5 Å². The van der Waals surface area contributed by atoms with Crippen molar-refractivity contribution in [2.75, 3.05) is 5.75 Å². The van der Waals surface area contributed by atoms with Gasteiger partial charge >= 0.3 is 0 Å². The van der Waals surface area contributed by atoms with Crippen LogP contribution in [0.2, 0.25) is 0 Å². The summed E-state index contributed by atoms with van der Waals surface area (Å²) in [5.41, 5.74) is -0.189. The molecule has 0 radical (unpaired) electrons. The maximum absolute atomic E-state index is 12.4. The fourth-order valence-corrected chi connectivity index (χ4v) is 4.13. The number of aliphatic hydroxyl groups is 1.